The Labute approximate surface area is 293 Å². The van der Waals surface area contributed by atoms with Crippen molar-refractivity contribution in [2.45, 2.75) is 48.9 Å². The van der Waals surface area contributed by atoms with Crippen LogP contribution in [0.15, 0.2) is 101 Å². The lowest BCUT2D eigenvalue weighted by Gasteiger charge is -2.19. The van der Waals surface area contributed by atoms with E-state index >= 15 is 0 Å². The molecule has 0 radical (unpaired) electrons. The Morgan fingerprint density at radius 2 is 1.88 bits per heavy atom. The van der Waals surface area contributed by atoms with Crippen LogP contribution in [0.2, 0.25) is 0 Å². The van der Waals surface area contributed by atoms with Crippen molar-refractivity contribution in [3.05, 3.63) is 108 Å². The van der Waals surface area contributed by atoms with Gasteiger partial charge in [-0.3, -0.25) is 9.72 Å². The van der Waals surface area contributed by atoms with E-state index in [9.17, 15) is 20.3 Å². The van der Waals surface area contributed by atoms with Crippen LogP contribution in [-0.2, 0) is 12.0 Å². The number of aliphatic hydroxyl groups is 1. The van der Waals surface area contributed by atoms with E-state index in [4.69, 9.17) is 9.84 Å². The number of anilines is 1. The first-order chi connectivity index (χ1) is 24.2. The van der Waals surface area contributed by atoms with Crippen molar-refractivity contribution in [3.8, 4) is 34.6 Å². The standard InChI is InChI=1S/C37H36N8O4S/c1-4-37(2,3)32-20-34(45(43-32)27-9-7-10-28(19-27)49-17-16-46)40-36(48)39-22-25-8-5-6-11-31(25)50-29-13-15-33-41-42-35(44(33)23-29)24-12-14-30(47)26(18-24)21-38/h5-15,18-20,23,46-47H,4,16-17,22H2,1-3H3,(H2,39,40,48). The fourth-order valence-electron chi connectivity index (χ4n) is 5.15. The van der Waals surface area contributed by atoms with Crippen molar-refractivity contribution in [1.29, 1.82) is 5.26 Å². The summed E-state index contributed by atoms with van der Waals surface area (Å²) < 4.78 is 9.15. The molecule has 0 spiro atoms. The van der Waals surface area contributed by atoms with Crippen LogP contribution < -0.4 is 15.4 Å². The molecule has 0 bridgehead atoms. The van der Waals surface area contributed by atoms with E-state index < -0.39 is 0 Å². The number of carbonyl (C=O) groups excluding carboxylic acids is 1. The molecule has 3 aromatic carbocycles. The molecule has 2 amide bonds. The molecule has 6 rings (SSSR count). The number of hydrogen-bond donors (Lipinski definition) is 4. The number of ether oxygens (including phenoxy) is 1. The highest BCUT2D eigenvalue weighted by atomic mass is 32.2. The van der Waals surface area contributed by atoms with Crippen LogP contribution in [0.4, 0.5) is 10.6 Å². The minimum absolute atomic E-state index is 0.0915. The summed E-state index contributed by atoms with van der Waals surface area (Å²) >= 11 is 1.54. The topological polar surface area (TPSA) is 163 Å². The van der Waals surface area contributed by atoms with Gasteiger partial charge >= 0.3 is 6.03 Å². The van der Waals surface area contributed by atoms with E-state index in [1.807, 2.05) is 77.3 Å². The van der Waals surface area contributed by atoms with Gasteiger partial charge in [0.15, 0.2) is 11.5 Å². The zero-order valence-electron chi connectivity index (χ0n) is 27.8. The van der Waals surface area contributed by atoms with Gasteiger partial charge in [0.2, 0.25) is 0 Å². The summed E-state index contributed by atoms with van der Waals surface area (Å²) in [5.41, 5.74) is 3.69. The third-order valence-corrected chi connectivity index (χ3v) is 9.44. The van der Waals surface area contributed by atoms with Crippen molar-refractivity contribution in [3.63, 3.8) is 0 Å². The number of nitrogens with zero attached hydrogens (tertiary/aromatic N) is 6. The molecule has 254 valence electrons. The van der Waals surface area contributed by atoms with Crippen LogP contribution in [0.1, 0.15) is 44.0 Å². The Morgan fingerprint density at radius 1 is 1.04 bits per heavy atom. The highest BCUT2D eigenvalue weighted by Crippen LogP contribution is 2.33. The zero-order chi connectivity index (χ0) is 35.3. The van der Waals surface area contributed by atoms with E-state index in [2.05, 4.69) is 41.6 Å². The van der Waals surface area contributed by atoms with Gasteiger partial charge in [0.25, 0.3) is 0 Å². The van der Waals surface area contributed by atoms with Crippen LogP contribution in [0, 0.1) is 11.3 Å². The molecule has 12 nitrogen and oxygen atoms in total. The van der Waals surface area contributed by atoms with Gasteiger partial charge in [-0.2, -0.15) is 10.4 Å². The molecule has 0 saturated carbocycles. The second-order valence-corrected chi connectivity index (χ2v) is 13.2. The predicted molar refractivity (Wildman–Crippen MR) is 191 cm³/mol. The molecule has 50 heavy (non-hydrogen) atoms. The number of benzene rings is 3. The molecule has 13 heteroatoms. The van der Waals surface area contributed by atoms with Gasteiger partial charge in [-0.25, -0.2) is 9.48 Å². The smallest absolute Gasteiger partial charge is 0.320 e. The molecule has 3 heterocycles. The number of aliphatic hydroxyl groups excluding tert-OH is 1. The molecule has 0 aliphatic rings. The molecule has 0 unspecified atom stereocenters. The third kappa shape index (κ3) is 7.41. The molecule has 0 fully saturated rings. The summed E-state index contributed by atoms with van der Waals surface area (Å²) in [5, 5.41) is 47.9. The van der Waals surface area contributed by atoms with Gasteiger partial charge in [0, 0.05) is 45.6 Å². The van der Waals surface area contributed by atoms with E-state index in [1.54, 1.807) is 22.9 Å². The molecule has 0 aliphatic heterocycles. The maximum Gasteiger partial charge on any atom is 0.320 e. The fraction of sp³-hybridized carbons (Fsp3) is 0.216. The minimum atomic E-state index is -0.388. The SMILES string of the molecule is CCC(C)(C)c1cc(NC(=O)NCc2ccccc2Sc2ccc3nnc(-c4ccc(O)c(C#N)c4)n3c2)n(-c2cccc(OCCO)c2)n1. The maximum absolute atomic E-state index is 13.4. The number of phenolic OH excluding ortho intramolecular Hbond substituents is 1. The summed E-state index contributed by atoms with van der Waals surface area (Å²) in [6.07, 6.45) is 2.78. The number of nitriles is 1. The minimum Gasteiger partial charge on any atom is -0.507 e. The van der Waals surface area contributed by atoms with Gasteiger partial charge in [-0.05, 0) is 60.5 Å². The van der Waals surface area contributed by atoms with Crippen molar-refractivity contribution in [1.82, 2.24) is 29.7 Å². The highest BCUT2D eigenvalue weighted by Gasteiger charge is 2.25. The molecule has 0 aliphatic carbocycles. The lowest BCUT2D eigenvalue weighted by Crippen LogP contribution is -2.29. The normalized spacial score (nSPS) is 11.3. The number of carbonyl (C=O) groups is 1. The van der Waals surface area contributed by atoms with Crippen LogP contribution in [0.5, 0.6) is 11.5 Å². The molecule has 0 atom stereocenters. The lowest BCUT2D eigenvalue weighted by molar-refractivity contribution is 0.201. The Kier molecular flexibility index (Phi) is 10.0. The number of pyridine rings is 1. The molecule has 0 saturated heterocycles. The first-order valence-electron chi connectivity index (χ1n) is 16.0. The molecule has 4 N–H and O–H groups in total. The number of rotatable bonds is 12. The number of amides is 2. The lowest BCUT2D eigenvalue weighted by atomic mass is 9.87. The highest BCUT2D eigenvalue weighted by molar-refractivity contribution is 7.99. The number of hydrogen-bond acceptors (Lipinski definition) is 9. The van der Waals surface area contributed by atoms with Crippen LogP contribution in [0.3, 0.4) is 0 Å². The van der Waals surface area contributed by atoms with Crippen LogP contribution >= 0.6 is 11.8 Å². The fourth-order valence-corrected chi connectivity index (χ4v) is 6.12. The summed E-state index contributed by atoms with van der Waals surface area (Å²) in [7, 11) is 0. The summed E-state index contributed by atoms with van der Waals surface area (Å²) in [6, 6.07) is 27.2. The summed E-state index contributed by atoms with van der Waals surface area (Å²) in [6.45, 7) is 6.66. The van der Waals surface area contributed by atoms with Gasteiger partial charge in [-0.1, -0.05) is 56.8 Å². The van der Waals surface area contributed by atoms with Gasteiger partial charge in [0.1, 0.15) is 30.0 Å². The second-order valence-electron chi connectivity index (χ2n) is 12.1. The molecular weight excluding hydrogens is 653 g/mol. The number of urea groups is 1. The number of nitrogens with one attached hydrogen (secondary N) is 2. The van der Waals surface area contributed by atoms with Gasteiger partial charge < -0.3 is 20.3 Å². The first kappa shape index (κ1) is 34.0. The Hall–Kier alpha value is -5.84. The average Bonchev–Trinajstić information content (AvgIpc) is 3.75. The zero-order valence-corrected chi connectivity index (χ0v) is 28.6. The number of fused-ring (bicyclic) bond motifs is 1. The summed E-state index contributed by atoms with van der Waals surface area (Å²) in [5.74, 6) is 1.54. The van der Waals surface area contributed by atoms with Crippen molar-refractivity contribution >= 4 is 29.3 Å². The Bertz CT molecular complexity index is 2200. The largest absolute Gasteiger partial charge is 0.507 e. The van der Waals surface area contributed by atoms with E-state index in [1.165, 1.54) is 17.8 Å². The van der Waals surface area contributed by atoms with Crippen LogP contribution in [0.25, 0.3) is 22.7 Å². The van der Waals surface area contributed by atoms with E-state index in [-0.39, 0.29) is 42.5 Å². The Balaban J connectivity index is 1.20. The second kappa shape index (κ2) is 14.7. The summed E-state index contributed by atoms with van der Waals surface area (Å²) in [4.78, 5) is 15.2. The van der Waals surface area contributed by atoms with E-state index in [0.29, 0.717) is 34.3 Å². The quantitative estimate of drug-likeness (QED) is 0.110. The maximum atomic E-state index is 13.4. The number of aromatic hydroxyl groups is 1. The van der Waals surface area contributed by atoms with Crippen molar-refractivity contribution in [2.75, 3.05) is 18.5 Å². The molecular formula is C37H36N8O4S. The van der Waals surface area contributed by atoms with Crippen molar-refractivity contribution in [2.24, 2.45) is 0 Å². The van der Waals surface area contributed by atoms with Crippen molar-refractivity contribution < 1.29 is 19.7 Å². The number of phenols is 1. The Morgan fingerprint density at radius 3 is 2.68 bits per heavy atom. The first-order valence-corrected chi connectivity index (χ1v) is 16.8. The molecule has 6 aromatic rings. The van der Waals surface area contributed by atoms with Crippen LogP contribution in [-0.4, -0.2) is 53.8 Å². The van der Waals surface area contributed by atoms with Gasteiger partial charge in [0.05, 0.1) is 23.6 Å². The predicted octanol–water partition coefficient (Wildman–Crippen LogP) is 6.69. The molecule has 3 aromatic heterocycles. The average molecular weight is 689 g/mol. The monoisotopic (exact) mass is 688 g/mol. The number of aromatic nitrogens is 5. The third-order valence-electron chi connectivity index (χ3n) is 8.34. The van der Waals surface area contributed by atoms with Gasteiger partial charge in [-0.15, -0.1) is 10.2 Å². The van der Waals surface area contributed by atoms with E-state index in [0.717, 1.165) is 27.5 Å².